The second kappa shape index (κ2) is 5.88. The molecular weight excluding hydrogens is 271 g/mol. The van der Waals surface area contributed by atoms with Gasteiger partial charge in [0.2, 0.25) is 0 Å². The van der Waals surface area contributed by atoms with E-state index in [2.05, 4.69) is 0 Å². The Morgan fingerprint density at radius 1 is 1.32 bits per heavy atom. The quantitative estimate of drug-likeness (QED) is 0.909. The Hall–Kier alpha value is -1.14. The van der Waals surface area contributed by atoms with Crippen molar-refractivity contribution in [2.75, 3.05) is 18.1 Å². The molecule has 1 heterocycles. The third-order valence-electron chi connectivity index (χ3n) is 3.39. The van der Waals surface area contributed by atoms with Crippen LogP contribution in [0.1, 0.15) is 12.8 Å². The number of benzene rings is 1. The lowest BCUT2D eigenvalue weighted by molar-refractivity contribution is 0.0514. The van der Waals surface area contributed by atoms with Gasteiger partial charge in [-0.1, -0.05) is 12.1 Å². The Labute approximate surface area is 112 Å². The van der Waals surface area contributed by atoms with E-state index in [0.29, 0.717) is 12.8 Å². The molecule has 1 N–H and O–H groups in total. The van der Waals surface area contributed by atoms with E-state index in [0.717, 1.165) is 0 Å². The molecule has 4 nitrogen and oxygen atoms in total. The molecule has 1 atom stereocenters. The Kier molecular flexibility index (Phi) is 4.42. The summed E-state index contributed by atoms with van der Waals surface area (Å²) in [4.78, 5) is 0. The molecule has 0 saturated carbocycles. The van der Waals surface area contributed by atoms with Crippen LogP contribution in [-0.2, 0) is 9.84 Å². The maximum atomic E-state index is 13.3. The monoisotopic (exact) mass is 288 g/mol. The summed E-state index contributed by atoms with van der Waals surface area (Å²) in [6, 6.07) is 5.99. The molecule has 1 unspecified atom stereocenters. The van der Waals surface area contributed by atoms with Crippen molar-refractivity contribution in [2.24, 2.45) is 5.92 Å². The predicted octanol–water partition coefficient (Wildman–Crippen LogP) is 1.39. The van der Waals surface area contributed by atoms with Gasteiger partial charge in [-0.3, -0.25) is 0 Å². The molecule has 0 amide bonds. The van der Waals surface area contributed by atoms with Crippen LogP contribution in [0.3, 0.4) is 0 Å². The molecule has 0 bridgehead atoms. The van der Waals surface area contributed by atoms with E-state index in [1.165, 1.54) is 12.1 Å². The number of halogens is 1. The number of aliphatic hydroxyl groups excluding tert-OH is 1. The predicted molar refractivity (Wildman–Crippen MR) is 69.3 cm³/mol. The molecule has 19 heavy (non-hydrogen) atoms. The first-order chi connectivity index (χ1) is 8.98. The highest BCUT2D eigenvalue weighted by molar-refractivity contribution is 7.91. The number of sulfone groups is 1. The van der Waals surface area contributed by atoms with Gasteiger partial charge in [-0.25, -0.2) is 12.8 Å². The molecule has 2 rings (SSSR count). The normalized spacial score (nSPS) is 20.9. The first-order valence-electron chi connectivity index (χ1n) is 6.24. The van der Waals surface area contributed by atoms with E-state index in [-0.39, 0.29) is 29.8 Å². The molecule has 1 aliphatic rings. The SMILES string of the molecule is O=S1(=O)CCC(C(O)COc2ccccc2F)CC1. The Balaban J connectivity index is 1.85. The van der Waals surface area contributed by atoms with Crippen LogP contribution in [-0.4, -0.2) is 37.7 Å². The van der Waals surface area contributed by atoms with Gasteiger partial charge in [0.25, 0.3) is 0 Å². The standard InChI is InChI=1S/C13H17FO4S/c14-11-3-1-2-4-13(11)18-9-12(15)10-5-7-19(16,17)8-6-10/h1-4,10,12,15H,5-9H2. The van der Waals surface area contributed by atoms with Crippen LogP contribution in [0.4, 0.5) is 4.39 Å². The second-order valence-corrected chi connectivity index (χ2v) is 7.10. The number of para-hydroxylation sites is 1. The van der Waals surface area contributed by atoms with Crippen molar-refractivity contribution in [1.29, 1.82) is 0 Å². The van der Waals surface area contributed by atoms with E-state index < -0.39 is 21.8 Å². The van der Waals surface area contributed by atoms with Crippen molar-refractivity contribution in [3.05, 3.63) is 30.1 Å². The van der Waals surface area contributed by atoms with Crippen LogP contribution in [0.5, 0.6) is 5.75 Å². The number of hydrogen-bond acceptors (Lipinski definition) is 4. The highest BCUT2D eigenvalue weighted by Crippen LogP contribution is 2.23. The Morgan fingerprint density at radius 2 is 1.95 bits per heavy atom. The fraction of sp³-hybridized carbons (Fsp3) is 0.538. The summed E-state index contributed by atoms with van der Waals surface area (Å²) < 4.78 is 41.1. The van der Waals surface area contributed by atoms with Gasteiger partial charge in [-0.05, 0) is 30.9 Å². The van der Waals surface area contributed by atoms with Gasteiger partial charge in [-0.15, -0.1) is 0 Å². The molecule has 106 valence electrons. The van der Waals surface area contributed by atoms with E-state index >= 15 is 0 Å². The molecular formula is C13H17FO4S. The van der Waals surface area contributed by atoms with Crippen LogP contribution < -0.4 is 4.74 Å². The molecule has 1 saturated heterocycles. The Morgan fingerprint density at radius 3 is 2.58 bits per heavy atom. The summed E-state index contributed by atoms with van der Waals surface area (Å²) in [7, 11) is -2.93. The lowest BCUT2D eigenvalue weighted by Gasteiger charge is -2.26. The first kappa shape index (κ1) is 14.3. The average Bonchev–Trinajstić information content (AvgIpc) is 2.37. The van der Waals surface area contributed by atoms with Gasteiger partial charge in [-0.2, -0.15) is 0 Å². The van der Waals surface area contributed by atoms with Crippen molar-refractivity contribution >= 4 is 9.84 Å². The van der Waals surface area contributed by atoms with Gasteiger partial charge >= 0.3 is 0 Å². The van der Waals surface area contributed by atoms with Crippen molar-refractivity contribution < 1.29 is 22.7 Å². The van der Waals surface area contributed by atoms with Gasteiger partial charge in [0.05, 0.1) is 17.6 Å². The molecule has 1 aromatic rings. The molecule has 0 radical (unpaired) electrons. The largest absolute Gasteiger partial charge is 0.488 e. The fourth-order valence-electron chi connectivity index (χ4n) is 2.17. The van der Waals surface area contributed by atoms with Crippen molar-refractivity contribution in [3.63, 3.8) is 0 Å². The summed E-state index contributed by atoms with van der Waals surface area (Å²) in [5, 5.41) is 9.95. The van der Waals surface area contributed by atoms with Gasteiger partial charge in [0.15, 0.2) is 11.6 Å². The average molecular weight is 288 g/mol. The molecule has 1 aliphatic heterocycles. The van der Waals surface area contributed by atoms with Gasteiger partial charge < -0.3 is 9.84 Å². The lowest BCUT2D eigenvalue weighted by atomic mass is 9.96. The summed E-state index contributed by atoms with van der Waals surface area (Å²) in [6.45, 7) is -0.0222. The summed E-state index contributed by atoms with van der Waals surface area (Å²) in [5.74, 6) is -0.260. The smallest absolute Gasteiger partial charge is 0.165 e. The molecule has 1 aromatic carbocycles. The topological polar surface area (TPSA) is 63.6 Å². The second-order valence-electron chi connectivity index (χ2n) is 4.80. The van der Waals surface area contributed by atoms with E-state index in [9.17, 15) is 17.9 Å². The maximum absolute atomic E-state index is 13.3. The van der Waals surface area contributed by atoms with E-state index in [1.54, 1.807) is 12.1 Å². The first-order valence-corrected chi connectivity index (χ1v) is 8.06. The van der Waals surface area contributed by atoms with E-state index in [1.807, 2.05) is 0 Å². The van der Waals surface area contributed by atoms with Crippen molar-refractivity contribution in [1.82, 2.24) is 0 Å². The minimum Gasteiger partial charge on any atom is -0.488 e. The van der Waals surface area contributed by atoms with Crippen LogP contribution in [0.2, 0.25) is 0 Å². The molecule has 0 aromatic heterocycles. The minimum atomic E-state index is -2.93. The zero-order valence-corrected chi connectivity index (χ0v) is 11.3. The van der Waals surface area contributed by atoms with E-state index in [4.69, 9.17) is 4.74 Å². The highest BCUT2D eigenvalue weighted by atomic mass is 32.2. The highest BCUT2D eigenvalue weighted by Gasteiger charge is 2.28. The number of aliphatic hydroxyl groups is 1. The summed E-state index contributed by atoms with van der Waals surface area (Å²) in [5.41, 5.74) is 0. The van der Waals surface area contributed by atoms with Crippen LogP contribution in [0.25, 0.3) is 0 Å². The van der Waals surface area contributed by atoms with Crippen LogP contribution >= 0.6 is 0 Å². The number of rotatable bonds is 4. The van der Waals surface area contributed by atoms with Crippen LogP contribution in [0, 0.1) is 11.7 Å². The lowest BCUT2D eigenvalue weighted by Crippen LogP contribution is -2.34. The van der Waals surface area contributed by atoms with Gasteiger partial charge in [0.1, 0.15) is 16.4 Å². The molecule has 0 spiro atoms. The van der Waals surface area contributed by atoms with Crippen molar-refractivity contribution in [3.8, 4) is 5.75 Å². The van der Waals surface area contributed by atoms with Crippen LogP contribution in [0.15, 0.2) is 24.3 Å². The third-order valence-corrected chi connectivity index (χ3v) is 5.11. The third kappa shape index (κ3) is 3.91. The molecule has 1 fully saturated rings. The maximum Gasteiger partial charge on any atom is 0.165 e. The zero-order valence-electron chi connectivity index (χ0n) is 10.5. The van der Waals surface area contributed by atoms with Crippen molar-refractivity contribution in [2.45, 2.75) is 18.9 Å². The Bertz CT molecular complexity index is 515. The number of hydrogen-bond donors (Lipinski definition) is 1. The summed E-state index contributed by atoms with van der Waals surface area (Å²) in [6.07, 6.45) is 0.101. The fourth-order valence-corrected chi connectivity index (χ4v) is 3.69. The zero-order chi connectivity index (χ0) is 13.9. The summed E-state index contributed by atoms with van der Waals surface area (Å²) >= 11 is 0. The molecule has 0 aliphatic carbocycles. The number of ether oxygens (including phenoxy) is 1. The molecule has 6 heteroatoms. The minimum absolute atomic E-state index is 0.0222. The van der Waals surface area contributed by atoms with Gasteiger partial charge in [0, 0.05) is 0 Å².